The van der Waals surface area contributed by atoms with Gasteiger partial charge in [-0.15, -0.1) is 0 Å². The van der Waals surface area contributed by atoms with Gasteiger partial charge in [-0.25, -0.2) is 0 Å². The van der Waals surface area contributed by atoms with Crippen molar-refractivity contribution in [2.45, 2.75) is 19.1 Å². The lowest BCUT2D eigenvalue weighted by Gasteiger charge is -2.27. The van der Waals surface area contributed by atoms with Gasteiger partial charge in [0, 0.05) is 0 Å². The number of benzene rings is 2. The molecule has 2 atom stereocenters. The number of nitrogens with one attached hydrogen (secondary N) is 2. The van der Waals surface area contributed by atoms with E-state index in [1.807, 2.05) is 61.5 Å². The molecule has 0 aromatic heterocycles. The number of ether oxygens (including phenoxy) is 1. The molecule has 0 saturated heterocycles. The van der Waals surface area contributed by atoms with Crippen molar-refractivity contribution >= 4 is 11.6 Å². The van der Waals surface area contributed by atoms with Gasteiger partial charge in [0.05, 0.1) is 18.3 Å². The van der Waals surface area contributed by atoms with Gasteiger partial charge in [-0.2, -0.15) is 0 Å². The number of hydrogen-bond acceptors (Lipinski definition) is 3. The quantitative estimate of drug-likeness (QED) is 0.910. The van der Waals surface area contributed by atoms with Crippen molar-refractivity contribution in [3.05, 3.63) is 60.2 Å². The van der Waals surface area contributed by atoms with E-state index in [0.717, 1.165) is 17.0 Å². The Balaban J connectivity index is 1.65. The first kappa shape index (κ1) is 13.5. The van der Waals surface area contributed by atoms with Gasteiger partial charge in [-0.1, -0.05) is 42.5 Å². The van der Waals surface area contributed by atoms with Crippen LogP contribution in [-0.4, -0.2) is 18.6 Å². The molecule has 3 rings (SSSR count). The molecule has 2 aromatic rings. The molecule has 0 fully saturated rings. The molecule has 1 aliphatic heterocycles. The number of hydrogen-bond donors (Lipinski definition) is 2. The van der Waals surface area contributed by atoms with Crippen LogP contribution in [-0.2, 0) is 4.79 Å². The average Bonchev–Trinajstić information content (AvgIpc) is 2.55. The SMILES string of the molecule is CC(NC(=O)C1CNc2ccccc2O1)c1ccccc1. The summed E-state index contributed by atoms with van der Waals surface area (Å²) in [4.78, 5) is 12.3. The van der Waals surface area contributed by atoms with Gasteiger partial charge in [-0.3, -0.25) is 4.79 Å². The molecule has 4 heteroatoms. The fraction of sp³-hybridized carbons (Fsp3) is 0.235. The van der Waals surface area contributed by atoms with Crippen molar-refractivity contribution in [3.8, 4) is 5.75 Å². The van der Waals surface area contributed by atoms with Crippen LogP contribution in [0.4, 0.5) is 5.69 Å². The van der Waals surface area contributed by atoms with E-state index in [1.54, 1.807) is 0 Å². The highest BCUT2D eigenvalue weighted by molar-refractivity contribution is 5.83. The largest absolute Gasteiger partial charge is 0.477 e. The smallest absolute Gasteiger partial charge is 0.263 e. The van der Waals surface area contributed by atoms with E-state index in [4.69, 9.17) is 4.74 Å². The van der Waals surface area contributed by atoms with E-state index in [-0.39, 0.29) is 11.9 Å². The Bertz CT molecular complexity index is 628. The molecule has 4 nitrogen and oxygen atoms in total. The topological polar surface area (TPSA) is 50.4 Å². The minimum Gasteiger partial charge on any atom is -0.477 e. The summed E-state index contributed by atoms with van der Waals surface area (Å²) >= 11 is 0. The summed E-state index contributed by atoms with van der Waals surface area (Å²) in [5.41, 5.74) is 2.01. The Kier molecular flexibility index (Phi) is 3.77. The fourth-order valence-electron chi connectivity index (χ4n) is 2.39. The molecule has 2 N–H and O–H groups in total. The summed E-state index contributed by atoms with van der Waals surface area (Å²) in [5, 5.41) is 6.21. The minimum atomic E-state index is -0.508. The van der Waals surface area contributed by atoms with E-state index in [9.17, 15) is 4.79 Å². The molecule has 0 saturated carbocycles. The number of anilines is 1. The van der Waals surface area contributed by atoms with Crippen LogP contribution in [0.2, 0.25) is 0 Å². The lowest BCUT2D eigenvalue weighted by molar-refractivity contribution is -0.128. The fourth-order valence-corrected chi connectivity index (χ4v) is 2.39. The number of amides is 1. The summed E-state index contributed by atoms with van der Waals surface area (Å²) in [5.74, 6) is 0.615. The Morgan fingerprint density at radius 2 is 1.90 bits per heavy atom. The molecule has 1 aliphatic rings. The third-order valence-corrected chi connectivity index (χ3v) is 3.58. The van der Waals surface area contributed by atoms with Crippen LogP contribution in [0.3, 0.4) is 0 Å². The van der Waals surface area contributed by atoms with Gasteiger partial charge in [-0.05, 0) is 24.6 Å². The predicted molar refractivity (Wildman–Crippen MR) is 82.3 cm³/mol. The molecule has 1 heterocycles. The zero-order chi connectivity index (χ0) is 14.7. The first-order valence-electron chi connectivity index (χ1n) is 7.09. The monoisotopic (exact) mass is 282 g/mol. The van der Waals surface area contributed by atoms with Crippen LogP contribution < -0.4 is 15.4 Å². The second kappa shape index (κ2) is 5.87. The standard InChI is InChI=1S/C17H18N2O2/c1-12(13-7-3-2-4-8-13)19-17(20)16-11-18-14-9-5-6-10-15(14)21-16/h2-10,12,16,18H,11H2,1H3,(H,19,20). The first-order chi connectivity index (χ1) is 10.2. The molecule has 0 bridgehead atoms. The maximum Gasteiger partial charge on any atom is 0.263 e. The molecule has 1 amide bonds. The highest BCUT2D eigenvalue weighted by Crippen LogP contribution is 2.28. The van der Waals surface area contributed by atoms with Gasteiger partial charge in [0.1, 0.15) is 5.75 Å². The van der Waals surface area contributed by atoms with Gasteiger partial charge in [0.2, 0.25) is 0 Å². The van der Waals surface area contributed by atoms with Crippen LogP contribution in [0, 0.1) is 0 Å². The summed E-state index contributed by atoms with van der Waals surface area (Å²) in [7, 11) is 0. The Morgan fingerprint density at radius 1 is 1.19 bits per heavy atom. The summed E-state index contributed by atoms with van der Waals surface area (Å²) in [6.07, 6.45) is -0.508. The van der Waals surface area contributed by atoms with Gasteiger partial charge < -0.3 is 15.4 Å². The molecule has 2 aromatic carbocycles. The Labute approximate surface area is 124 Å². The highest BCUT2D eigenvalue weighted by Gasteiger charge is 2.26. The van der Waals surface area contributed by atoms with E-state index < -0.39 is 6.10 Å². The zero-order valence-electron chi connectivity index (χ0n) is 11.9. The van der Waals surface area contributed by atoms with Crippen LogP contribution in [0.15, 0.2) is 54.6 Å². The summed E-state index contributed by atoms with van der Waals surface area (Å²) in [6, 6.07) is 17.5. The number of carbonyl (C=O) groups excluding carboxylic acids is 1. The number of para-hydroxylation sites is 2. The van der Waals surface area contributed by atoms with Gasteiger partial charge in [0.25, 0.3) is 5.91 Å². The van der Waals surface area contributed by atoms with Crippen molar-refractivity contribution in [2.75, 3.05) is 11.9 Å². The van der Waals surface area contributed by atoms with Crippen molar-refractivity contribution < 1.29 is 9.53 Å². The summed E-state index contributed by atoms with van der Waals surface area (Å²) < 4.78 is 5.76. The maximum absolute atomic E-state index is 12.3. The normalized spacial score (nSPS) is 17.9. The summed E-state index contributed by atoms with van der Waals surface area (Å²) in [6.45, 7) is 2.45. The minimum absolute atomic E-state index is 0.0422. The number of carbonyl (C=O) groups is 1. The van der Waals surface area contributed by atoms with Gasteiger partial charge in [0.15, 0.2) is 6.10 Å². The number of rotatable bonds is 3. The highest BCUT2D eigenvalue weighted by atomic mass is 16.5. The first-order valence-corrected chi connectivity index (χ1v) is 7.09. The molecule has 0 aliphatic carbocycles. The van der Waals surface area contributed by atoms with E-state index in [1.165, 1.54) is 0 Å². The van der Waals surface area contributed by atoms with Crippen LogP contribution in [0.1, 0.15) is 18.5 Å². The van der Waals surface area contributed by atoms with Crippen molar-refractivity contribution in [1.29, 1.82) is 0 Å². The Hall–Kier alpha value is -2.49. The molecule has 108 valence electrons. The average molecular weight is 282 g/mol. The number of fused-ring (bicyclic) bond motifs is 1. The lowest BCUT2D eigenvalue weighted by Crippen LogP contribution is -2.45. The van der Waals surface area contributed by atoms with Crippen LogP contribution in [0.25, 0.3) is 0 Å². The van der Waals surface area contributed by atoms with Crippen molar-refractivity contribution in [2.24, 2.45) is 0 Å². The lowest BCUT2D eigenvalue weighted by atomic mass is 10.1. The molecule has 21 heavy (non-hydrogen) atoms. The molecule has 0 radical (unpaired) electrons. The van der Waals surface area contributed by atoms with E-state index in [0.29, 0.717) is 6.54 Å². The molecular weight excluding hydrogens is 264 g/mol. The maximum atomic E-state index is 12.3. The Morgan fingerprint density at radius 3 is 2.71 bits per heavy atom. The second-order valence-corrected chi connectivity index (χ2v) is 5.12. The predicted octanol–water partition coefficient (Wildman–Crippen LogP) is 2.74. The van der Waals surface area contributed by atoms with Crippen LogP contribution in [0.5, 0.6) is 5.75 Å². The van der Waals surface area contributed by atoms with Crippen molar-refractivity contribution in [3.63, 3.8) is 0 Å². The third-order valence-electron chi connectivity index (χ3n) is 3.58. The molecule has 2 unspecified atom stereocenters. The van der Waals surface area contributed by atoms with Gasteiger partial charge >= 0.3 is 0 Å². The zero-order valence-corrected chi connectivity index (χ0v) is 11.9. The van der Waals surface area contributed by atoms with Crippen molar-refractivity contribution in [1.82, 2.24) is 5.32 Å². The molecule has 0 spiro atoms. The van der Waals surface area contributed by atoms with Crippen LogP contribution >= 0.6 is 0 Å². The van der Waals surface area contributed by atoms with E-state index >= 15 is 0 Å². The third kappa shape index (κ3) is 2.99. The van der Waals surface area contributed by atoms with E-state index in [2.05, 4.69) is 10.6 Å². The second-order valence-electron chi connectivity index (χ2n) is 5.12. The molecular formula is C17H18N2O2.